The molecule has 6 aromatic heterocycles. The molecule has 26 rings (SSSR count). The fraction of sp³-hybridized carbons (Fsp3) is 0.0385. The van der Waals surface area contributed by atoms with Gasteiger partial charge in [0.15, 0.2) is 0 Å². The zero-order valence-corrected chi connectivity index (χ0v) is 63.3. The van der Waals surface area contributed by atoms with Crippen molar-refractivity contribution in [2.24, 2.45) is 0 Å². The number of benzene rings is 18. The molecule has 0 atom stereocenters. The molecule has 2 aliphatic rings. The number of hydrogen-bond donors (Lipinski definition) is 0. The van der Waals surface area contributed by atoms with Crippen LogP contribution < -0.4 is 20.7 Å². The normalized spacial score (nSPS) is 13.9. The first-order chi connectivity index (χ1) is 55.1. The highest BCUT2D eigenvalue weighted by atomic mass is 28.3. The molecule has 0 fully saturated rings. The van der Waals surface area contributed by atoms with Crippen molar-refractivity contribution in [2.75, 3.05) is 0 Å². The Balaban J connectivity index is 0.648. The Morgan fingerprint density at radius 3 is 1.02 bits per heavy atom. The van der Waals surface area contributed by atoms with Gasteiger partial charge in [-0.1, -0.05) is 269 Å². The second-order valence-corrected chi connectivity index (χ2v) is 40.8. The topological polar surface area (TPSA) is 78.8 Å². The van der Waals surface area contributed by atoms with Gasteiger partial charge >= 0.3 is 0 Å². The van der Waals surface area contributed by atoms with E-state index in [1.165, 1.54) is 81.6 Å². The van der Waals surface area contributed by atoms with Crippen LogP contribution in [0.4, 0.5) is 0 Å². The molecule has 522 valence electrons. The van der Waals surface area contributed by atoms with Gasteiger partial charge < -0.3 is 26.5 Å². The third-order valence-electron chi connectivity index (χ3n) is 25.8. The lowest BCUT2D eigenvalue weighted by Crippen LogP contribution is -2.63. The van der Waals surface area contributed by atoms with Crippen molar-refractivity contribution in [1.29, 1.82) is 0 Å². The highest BCUT2D eigenvalue weighted by Gasteiger charge is 2.50. The Bertz CT molecular complexity index is 8460. The van der Waals surface area contributed by atoms with E-state index < -0.39 is 16.1 Å². The summed E-state index contributed by atoms with van der Waals surface area (Å²) < 4.78 is 43.3. The van der Waals surface area contributed by atoms with Crippen LogP contribution in [0.5, 0.6) is 0 Å². The molecule has 8 heteroatoms. The van der Waals surface area contributed by atoms with Gasteiger partial charge in [-0.05, 0) is 180 Å². The van der Waals surface area contributed by atoms with Gasteiger partial charge in [0.25, 0.3) is 0 Å². The van der Waals surface area contributed by atoms with Crippen LogP contribution in [-0.2, 0) is 0 Å². The van der Waals surface area contributed by atoms with Gasteiger partial charge in [-0.2, -0.15) is 0 Å². The summed E-state index contributed by atoms with van der Waals surface area (Å²) in [5.41, 5.74) is 26.4. The molecule has 0 saturated heterocycles. The molecule has 0 N–H and O–H groups in total. The van der Waals surface area contributed by atoms with E-state index in [1.54, 1.807) is 5.19 Å². The van der Waals surface area contributed by atoms with E-state index in [4.69, 9.17) is 26.5 Å². The Morgan fingerprint density at radius 2 is 0.536 bits per heavy atom. The minimum Gasteiger partial charge on any atom is -0.456 e. The number of para-hydroxylation sites is 4. The molecule has 24 aromatic rings. The van der Waals surface area contributed by atoms with Crippen molar-refractivity contribution < 1.29 is 26.5 Å². The second-order valence-electron chi connectivity index (χ2n) is 32.2. The van der Waals surface area contributed by atoms with E-state index in [9.17, 15) is 0 Å². The van der Waals surface area contributed by atoms with E-state index in [0.717, 1.165) is 187 Å². The zero-order chi connectivity index (χ0) is 73.5. The van der Waals surface area contributed by atoms with Gasteiger partial charge in [-0.25, -0.2) is 0 Å². The Morgan fingerprint density at radius 1 is 0.188 bits per heavy atom. The molecule has 0 saturated carbocycles. The largest absolute Gasteiger partial charge is 0.456 e. The van der Waals surface area contributed by atoms with E-state index in [0.29, 0.717) is 0 Å². The quantitative estimate of drug-likeness (QED) is 0.160. The molecule has 2 aliphatic heterocycles. The smallest absolute Gasteiger partial charge is 0.144 e. The Labute approximate surface area is 641 Å². The number of rotatable bonds is 5. The molecule has 0 aliphatic carbocycles. The van der Waals surface area contributed by atoms with Crippen LogP contribution in [0.2, 0.25) is 26.2 Å². The third-order valence-corrected chi connectivity index (χ3v) is 33.0. The van der Waals surface area contributed by atoms with Crippen molar-refractivity contribution in [3.63, 3.8) is 0 Å². The maximum Gasteiger partial charge on any atom is 0.144 e. The lowest BCUT2D eigenvalue weighted by atomic mass is 9.87. The van der Waals surface area contributed by atoms with Crippen molar-refractivity contribution in [2.45, 2.75) is 26.2 Å². The summed E-state index contributed by atoms with van der Waals surface area (Å²) >= 11 is 0. The van der Waals surface area contributed by atoms with Crippen molar-refractivity contribution in [3.8, 4) is 77.9 Å². The lowest BCUT2D eigenvalue weighted by molar-refractivity contribution is 0.661. The van der Waals surface area contributed by atoms with Gasteiger partial charge in [0, 0.05) is 86.9 Å². The van der Waals surface area contributed by atoms with Gasteiger partial charge in [0.05, 0.1) is 0 Å². The van der Waals surface area contributed by atoms with Crippen LogP contribution in [0.25, 0.3) is 253 Å². The van der Waals surface area contributed by atoms with E-state index in [2.05, 4.69) is 323 Å². The summed E-state index contributed by atoms with van der Waals surface area (Å²) in [5, 5.41) is 27.9. The summed E-state index contributed by atoms with van der Waals surface area (Å²) in [5.74, 6) is 0. The molecule has 0 spiro atoms. The summed E-state index contributed by atoms with van der Waals surface area (Å²) in [6.45, 7) is 10.4. The van der Waals surface area contributed by atoms with Gasteiger partial charge in [-0.15, -0.1) is 0 Å². The van der Waals surface area contributed by atoms with Crippen LogP contribution >= 0.6 is 0 Å². The first-order valence-corrected chi connectivity index (χ1v) is 44.7. The van der Waals surface area contributed by atoms with E-state index in [1.807, 2.05) is 6.07 Å². The average molecular weight is 1460 g/mol. The maximum atomic E-state index is 7.40. The second kappa shape index (κ2) is 21.6. The maximum absolute atomic E-state index is 7.40. The predicted molar refractivity (Wildman–Crippen MR) is 472 cm³/mol. The Hall–Kier alpha value is -13.8. The molecule has 0 bridgehead atoms. The van der Waals surface area contributed by atoms with Crippen LogP contribution in [0.3, 0.4) is 0 Å². The van der Waals surface area contributed by atoms with Crippen LogP contribution in [0.15, 0.2) is 330 Å². The zero-order valence-electron chi connectivity index (χ0n) is 61.3. The number of fused-ring (bicyclic) bond motifs is 33. The summed E-state index contributed by atoms with van der Waals surface area (Å²) in [7, 11) is -5.11. The first kappa shape index (κ1) is 61.2. The molecule has 8 heterocycles. The summed E-state index contributed by atoms with van der Waals surface area (Å²) in [6.07, 6.45) is 0. The molecule has 0 amide bonds. The fourth-order valence-electron chi connectivity index (χ4n) is 20.9. The molecule has 0 unspecified atom stereocenters. The van der Waals surface area contributed by atoms with E-state index in [-0.39, 0.29) is 0 Å². The van der Waals surface area contributed by atoms with Crippen molar-refractivity contribution >= 4 is 212 Å². The third kappa shape index (κ3) is 7.91. The first-order valence-electron chi connectivity index (χ1n) is 38.7. The van der Waals surface area contributed by atoms with Crippen molar-refractivity contribution in [3.05, 3.63) is 303 Å². The Kier molecular flexibility index (Phi) is 11.8. The SMILES string of the molecule is C[Si]1(C)c2cc(-c3cccc4ccccc34)c3c(oc4ccccc43)c2-c2ccc3c(c21)[Si](C)(C)c1cc(-c2ccc(-c4cc(-c5cc6oc7cc8c(cc7c6c6c5oc5ccccc56)oc5cc(-c6cccc7ccccc67)c6oc7ccccc7c6c58)c5ccccc5c4)c4ccccc24)c2c(oc4ccccc42)c1-3. The van der Waals surface area contributed by atoms with Crippen molar-refractivity contribution in [1.82, 2.24) is 0 Å². The highest BCUT2D eigenvalue weighted by Crippen LogP contribution is 2.54. The van der Waals surface area contributed by atoms with Gasteiger partial charge in [-0.3, -0.25) is 0 Å². The van der Waals surface area contributed by atoms with Gasteiger partial charge in [0.2, 0.25) is 0 Å². The lowest BCUT2D eigenvalue weighted by Gasteiger charge is -2.28. The monoisotopic (exact) mass is 1460 g/mol. The molecular formula is C104H62O6Si2. The van der Waals surface area contributed by atoms with Gasteiger partial charge in [0.1, 0.15) is 83.1 Å². The molecule has 18 aromatic carbocycles. The minimum atomic E-state index is -2.59. The standard InChI is InChI=1S/C104H62O6Si2/c1-111(2)89-53-75(64-37-21-26-55-23-5-8-28-59(55)64)91-68-33-13-17-39-81(68)109-101(91)95(89)72-45-46-73-96-90(112(3,4)104(73)103(72)111)54-76(92-69-34-14-18-40-82(69)110-102(92)96)67-44-43-62(63-31-11-12-32-66(63)67)58-47-57-25-7-10-30-61(57)74(48-58)78-50-88-94(98-71-36-16-20-42-84(71)108-100(78)98)80-52-85-79(51-86(80)106-88)93-87(105-85)49-77(65-38-22-27-56-24-6-9-29-60(56)65)99-97(93)70-35-15-19-41-83(70)107-99/h5-54H,1-4H3. The van der Waals surface area contributed by atoms with Crippen LogP contribution in [0, 0.1) is 0 Å². The highest BCUT2D eigenvalue weighted by molar-refractivity contribution is 7.13. The predicted octanol–water partition coefficient (Wildman–Crippen LogP) is 27.6. The van der Waals surface area contributed by atoms with Crippen LogP contribution in [-0.4, -0.2) is 16.1 Å². The van der Waals surface area contributed by atoms with Crippen LogP contribution in [0.1, 0.15) is 0 Å². The summed E-state index contributed by atoms with van der Waals surface area (Å²) in [6, 6.07) is 111. The molecular weight excluding hydrogens is 1400 g/mol. The van der Waals surface area contributed by atoms with E-state index >= 15 is 0 Å². The minimum absolute atomic E-state index is 0.759. The average Bonchev–Trinajstić information content (AvgIpc) is 1.51. The number of hydrogen-bond acceptors (Lipinski definition) is 6. The summed E-state index contributed by atoms with van der Waals surface area (Å²) in [4.78, 5) is 0. The molecule has 6 nitrogen and oxygen atoms in total. The molecule has 112 heavy (non-hydrogen) atoms. The fourth-order valence-corrected chi connectivity index (χ4v) is 29.4. The number of furan rings is 6. The molecule has 0 radical (unpaired) electrons.